The Balaban J connectivity index is 2.26. The lowest BCUT2D eigenvalue weighted by Gasteiger charge is -2.29. The third kappa shape index (κ3) is 2.72. The Kier molecular flexibility index (Phi) is 4.49. The third-order valence-corrected chi connectivity index (χ3v) is 4.12. The molecule has 1 aromatic rings. The van der Waals surface area contributed by atoms with Gasteiger partial charge in [0.05, 0.1) is 11.6 Å². The van der Waals surface area contributed by atoms with Crippen LogP contribution < -0.4 is 4.90 Å². The number of anilines is 1. The van der Waals surface area contributed by atoms with Crippen LogP contribution in [0, 0.1) is 5.82 Å². The Morgan fingerprint density at radius 3 is 2.80 bits per heavy atom. The van der Waals surface area contributed by atoms with Crippen LogP contribution in [0.3, 0.4) is 0 Å². The average Bonchev–Trinajstić information content (AvgIpc) is 2.91. The first-order valence-corrected chi connectivity index (χ1v) is 7.35. The topological polar surface area (TPSA) is 60.9 Å². The molecule has 2 rings (SSSR count). The van der Waals surface area contributed by atoms with Gasteiger partial charge in [0.1, 0.15) is 11.9 Å². The van der Waals surface area contributed by atoms with E-state index in [4.69, 9.17) is 5.11 Å². The highest BCUT2D eigenvalue weighted by atomic mass is 32.2. The summed E-state index contributed by atoms with van der Waals surface area (Å²) in [4.78, 5) is 26.1. The molecular formula is C13H15FN2O3S. The molecule has 2 amide bonds. The Morgan fingerprint density at radius 1 is 1.50 bits per heavy atom. The number of aliphatic carboxylic acids is 1. The second-order valence-electron chi connectivity index (χ2n) is 4.30. The van der Waals surface area contributed by atoms with Crippen molar-refractivity contribution in [2.75, 3.05) is 23.1 Å². The highest BCUT2D eigenvalue weighted by Gasteiger charge is 2.37. The number of benzene rings is 1. The summed E-state index contributed by atoms with van der Waals surface area (Å²) in [5, 5.41) is 9.11. The Labute approximate surface area is 120 Å². The van der Waals surface area contributed by atoms with Gasteiger partial charge < -0.3 is 10.0 Å². The standard InChI is InChI=1S/C13H15FN2O3S/c1-2-15(10-6-4-3-5-9(10)14)13(19)16-8-20-7-11(16)12(17)18/h3-6,11H,2,7-8H2,1H3,(H,17,18)/t11-/m0/s1. The predicted molar refractivity (Wildman–Crippen MR) is 75.4 cm³/mol. The fraction of sp³-hybridized carbons (Fsp3) is 0.385. The van der Waals surface area contributed by atoms with E-state index in [1.807, 2.05) is 0 Å². The molecule has 1 aliphatic rings. The average molecular weight is 298 g/mol. The Hall–Kier alpha value is -1.76. The van der Waals surface area contributed by atoms with E-state index in [2.05, 4.69) is 0 Å². The zero-order valence-electron chi connectivity index (χ0n) is 11.0. The zero-order valence-corrected chi connectivity index (χ0v) is 11.8. The first-order chi connectivity index (χ1) is 9.56. The smallest absolute Gasteiger partial charge is 0.327 e. The fourth-order valence-electron chi connectivity index (χ4n) is 2.07. The second kappa shape index (κ2) is 6.13. The number of para-hydroxylation sites is 1. The van der Waals surface area contributed by atoms with Gasteiger partial charge in [0.2, 0.25) is 0 Å². The maximum Gasteiger partial charge on any atom is 0.327 e. The molecule has 20 heavy (non-hydrogen) atoms. The van der Waals surface area contributed by atoms with Crippen LogP contribution in [0.2, 0.25) is 0 Å². The van der Waals surface area contributed by atoms with Crippen molar-refractivity contribution >= 4 is 29.4 Å². The molecule has 1 atom stereocenters. The lowest BCUT2D eigenvalue weighted by molar-refractivity contribution is -0.140. The quantitative estimate of drug-likeness (QED) is 0.929. The fourth-order valence-corrected chi connectivity index (χ4v) is 3.21. The molecule has 1 saturated heterocycles. The molecule has 0 spiro atoms. The molecule has 0 aromatic heterocycles. The minimum absolute atomic E-state index is 0.168. The van der Waals surface area contributed by atoms with Crippen molar-refractivity contribution in [1.82, 2.24) is 4.90 Å². The van der Waals surface area contributed by atoms with Crippen LogP contribution in [0.4, 0.5) is 14.9 Å². The van der Waals surface area contributed by atoms with Gasteiger partial charge in [-0.05, 0) is 19.1 Å². The Morgan fingerprint density at radius 2 is 2.20 bits per heavy atom. The first kappa shape index (κ1) is 14.6. The number of hydrogen-bond donors (Lipinski definition) is 1. The van der Waals surface area contributed by atoms with Gasteiger partial charge in [-0.2, -0.15) is 0 Å². The van der Waals surface area contributed by atoms with Crippen molar-refractivity contribution in [2.24, 2.45) is 0 Å². The molecule has 108 valence electrons. The molecular weight excluding hydrogens is 283 g/mol. The molecule has 1 aliphatic heterocycles. The SMILES string of the molecule is CCN(C(=O)N1CSC[C@H]1C(=O)O)c1ccccc1F. The van der Waals surface area contributed by atoms with Crippen LogP contribution in [0.25, 0.3) is 0 Å². The number of carboxylic acids is 1. The molecule has 0 aliphatic carbocycles. The van der Waals surface area contributed by atoms with E-state index in [1.165, 1.54) is 33.7 Å². The lowest BCUT2D eigenvalue weighted by Crippen LogP contribution is -2.49. The minimum Gasteiger partial charge on any atom is -0.480 e. The van der Waals surface area contributed by atoms with Crippen LogP contribution in [-0.4, -0.2) is 46.2 Å². The van der Waals surface area contributed by atoms with Crippen molar-refractivity contribution < 1.29 is 19.1 Å². The largest absolute Gasteiger partial charge is 0.480 e. The molecule has 5 nitrogen and oxygen atoms in total. The number of urea groups is 1. The van der Waals surface area contributed by atoms with Crippen LogP contribution in [0.5, 0.6) is 0 Å². The Bertz CT molecular complexity index is 526. The third-order valence-electron chi connectivity index (χ3n) is 3.10. The summed E-state index contributed by atoms with van der Waals surface area (Å²) in [6.07, 6.45) is 0. The summed E-state index contributed by atoms with van der Waals surface area (Å²) in [5.41, 5.74) is 0.168. The van der Waals surface area contributed by atoms with Gasteiger partial charge in [0.15, 0.2) is 0 Å². The zero-order chi connectivity index (χ0) is 14.7. The van der Waals surface area contributed by atoms with Gasteiger partial charge in [0, 0.05) is 12.3 Å². The number of hydrogen-bond acceptors (Lipinski definition) is 3. The monoisotopic (exact) mass is 298 g/mol. The summed E-state index contributed by atoms with van der Waals surface area (Å²) in [6.45, 7) is 2.00. The number of carbonyl (C=O) groups is 2. The van der Waals surface area contributed by atoms with Crippen LogP contribution in [-0.2, 0) is 4.79 Å². The van der Waals surface area contributed by atoms with Gasteiger partial charge in [-0.1, -0.05) is 12.1 Å². The van der Waals surface area contributed by atoms with Crippen LogP contribution in [0.1, 0.15) is 6.92 Å². The first-order valence-electron chi connectivity index (χ1n) is 6.19. The van der Waals surface area contributed by atoms with Crippen molar-refractivity contribution in [1.29, 1.82) is 0 Å². The minimum atomic E-state index is -1.03. The van der Waals surface area contributed by atoms with Gasteiger partial charge in [-0.3, -0.25) is 4.90 Å². The maximum atomic E-state index is 13.8. The summed E-state index contributed by atoms with van der Waals surface area (Å²) in [5.74, 6) is -0.870. The van der Waals surface area contributed by atoms with Gasteiger partial charge in [-0.25, -0.2) is 14.0 Å². The summed E-state index contributed by atoms with van der Waals surface area (Å²) in [6, 6.07) is 4.64. The molecule has 0 unspecified atom stereocenters. The molecule has 0 bridgehead atoms. The molecule has 1 aromatic carbocycles. The van der Waals surface area contributed by atoms with Gasteiger partial charge in [-0.15, -0.1) is 11.8 Å². The molecule has 7 heteroatoms. The maximum absolute atomic E-state index is 13.8. The van der Waals surface area contributed by atoms with E-state index < -0.39 is 23.9 Å². The van der Waals surface area contributed by atoms with E-state index in [0.29, 0.717) is 11.6 Å². The van der Waals surface area contributed by atoms with E-state index in [9.17, 15) is 14.0 Å². The highest BCUT2D eigenvalue weighted by molar-refractivity contribution is 7.99. The van der Waals surface area contributed by atoms with Gasteiger partial charge >= 0.3 is 12.0 Å². The summed E-state index contributed by atoms with van der Waals surface area (Å²) in [7, 11) is 0. The molecule has 1 heterocycles. The molecule has 0 radical (unpaired) electrons. The number of carbonyl (C=O) groups excluding carboxylic acids is 1. The van der Waals surface area contributed by atoms with Crippen molar-refractivity contribution in [2.45, 2.75) is 13.0 Å². The van der Waals surface area contributed by atoms with Crippen LogP contribution in [0.15, 0.2) is 24.3 Å². The van der Waals surface area contributed by atoms with E-state index >= 15 is 0 Å². The number of carboxylic acid groups (broad SMARTS) is 1. The van der Waals surface area contributed by atoms with Gasteiger partial charge in [0.25, 0.3) is 0 Å². The lowest BCUT2D eigenvalue weighted by atomic mass is 10.2. The number of halogens is 1. The van der Waals surface area contributed by atoms with Crippen LogP contribution >= 0.6 is 11.8 Å². The molecule has 0 saturated carbocycles. The normalized spacial score (nSPS) is 18.1. The highest BCUT2D eigenvalue weighted by Crippen LogP contribution is 2.26. The number of thioether (sulfide) groups is 1. The predicted octanol–water partition coefficient (Wildman–Crippen LogP) is 2.23. The second-order valence-corrected chi connectivity index (χ2v) is 5.30. The number of rotatable bonds is 3. The summed E-state index contributed by atoms with van der Waals surface area (Å²) < 4.78 is 13.8. The number of amides is 2. The van der Waals surface area contributed by atoms with Crippen molar-refractivity contribution in [3.63, 3.8) is 0 Å². The number of nitrogens with zero attached hydrogens (tertiary/aromatic N) is 2. The van der Waals surface area contributed by atoms with E-state index in [0.717, 1.165) is 0 Å². The van der Waals surface area contributed by atoms with Crippen molar-refractivity contribution in [3.8, 4) is 0 Å². The molecule has 1 N–H and O–H groups in total. The van der Waals surface area contributed by atoms with Crippen molar-refractivity contribution in [3.05, 3.63) is 30.1 Å². The van der Waals surface area contributed by atoms with E-state index in [-0.39, 0.29) is 12.2 Å². The summed E-state index contributed by atoms with van der Waals surface area (Å²) >= 11 is 1.38. The molecule has 1 fully saturated rings. The van der Waals surface area contributed by atoms with E-state index in [1.54, 1.807) is 19.1 Å².